The molecule has 2 N–H and O–H groups in total. The van der Waals surface area contributed by atoms with Gasteiger partial charge in [-0.2, -0.15) is 5.10 Å². The van der Waals surface area contributed by atoms with Crippen molar-refractivity contribution in [1.29, 1.82) is 0 Å². The van der Waals surface area contributed by atoms with Crippen LogP contribution in [-0.2, 0) is 0 Å². The zero-order valence-electron chi connectivity index (χ0n) is 20.3. The van der Waals surface area contributed by atoms with Gasteiger partial charge in [-0.1, -0.05) is 46.3 Å². The van der Waals surface area contributed by atoms with Crippen LogP contribution in [0, 0.1) is 13.8 Å². The number of nitrogens with one attached hydrogen (secondary N) is 2. The monoisotopic (exact) mass is 569 g/mol. The van der Waals surface area contributed by atoms with Gasteiger partial charge in [-0.05, 0) is 68.4 Å². The number of thiazole rings is 1. The number of anilines is 2. The van der Waals surface area contributed by atoms with Gasteiger partial charge in [-0.3, -0.25) is 4.79 Å². The van der Waals surface area contributed by atoms with Crippen LogP contribution in [-0.4, -0.2) is 21.7 Å². The summed E-state index contributed by atoms with van der Waals surface area (Å²) in [6.07, 6.45) is 1.68. The second-order valence-corrected chi connectivity index (χ2v) is 10.2. The second-order valence-electron chi connectivity index (χ2n) is 8.44. The van der Waals surface area contributed by atoms with Crippen molar-refractivity contribution in [1.82, 2.24) is 15.0 Å². The Morgan fingerprint density at radius 3 is 2.46 bits per heavy atom. The SMILES string of the molecule is Cc1cc(C=NNC(=O)c2ccc(Nc3nc(-c4ccccc4)cs3)cc2)c(C)n1-c1ccc(Br)cc1. The lowest BCUT2D eigenvalue weighted by Crippen LogP contribution is -2.17. The van der Waals surface area contributed by atoms with Crippen LogP contribution in [0.3, 0.4) is 0 Å². The van der Waals surface area contributed by atoms with Gasteiger partial charge in [0.05, 0.1) is 11.9 Å². The average molecular weight is 571 g/mol. The van der Waals surface area contributed by atoms with Gasteiger partial charge in [0.25, 0.3) is 5.91 Å². The molecule has 0 unspecified atom stereocenters. The van der Waals surface area contributed by atoms with E-state index in [9.17, 15) is 4.79 Å². The first-order valence-corrected chi connectivity index (χ1v) is 13.3. The summed E-state index contributed by atoms with van der Waals surface area (Å²) in [5.74, 6) is -0.273. The number of carbonyl (C=O) groups excluding carboxylic acids is 1. The Hall–Kier alpha value is -4.01. The van der Waals surface area contributed by atoms with Gasteiger partial charge < -0.3 is 9.88 Å². The molecular weight excluding hydrogens is 546 g/mol. The molecule has 184 valence electrons. The highest BCUT2D eigenvalue weighted by Gasteiger charge is 2.10. The van der Waals surface area contributed by atoms with Crippen molar-refractivity contribution in [3.8, 4) is 16.9 Å². The molecule has 8 heteroatoms. The highest BCUT2D eigenvalue weighted by atomic mass is 79.9. The Bertz CT molecular complexity index is 1550. The maximum atomic E-state index is 12.6. The quantitative estimate of drug-likeness (QED) is 0.157. The zero-order valence-corrected chi connectivity index (χ0v) is 22.7. The Morgan fingerprint density at radius 1 is 1.00 bits per heavy atom. The highest BCUT2D eigenvalue weighted by molar-refractivity contribution is 9.10. The molecule has 2 heterocycles. The number of hydrogen-bond acceptors (Lipinski definition) is 5. The third kappa shape index (κ3) is 5.71. The van der Waals surface area contributed by atoms with Gasteiger partial charge in [0, 0.05) is 49.3 Å². The van der Waals surface area contributed by atoms with Crippen LogP contribution in [0.5, 0.6) is 0 Å². The maximum absolute atomic E-state index is 12.6. The number of carbonyl (C=O) groups is 1. The van der Waals surface area contributed by atoms with E-state index in [2.05, 4.69) is 66.4 Å². The summed E-state index contributed by atoms with van der Waals surface area (Å²) in [6, 6.07) is 27.5. The fourth-order valence-electron chi connectivity index (χ4n) is 4.03. The van der Waals surface area contributed by atoms with E-state index in [1.54, 1.807) is 18.3 Å². The van der Waals surface area contributed by atoms with E-state index in [1.807, 2.05) is 66.9 Å². The molecule has 1 amide bonds. The summed E-state index contributed by atoms with van der Waals surface area (Å²) in [5, 5.41) is 10.3. The standard InChI is InChI=1S/C29H24BrN5OS/c1-19-16-23(20(2)35(19)26-14-10-24(30)11-15-26)17-31-34-28(36)22-8-12-25(13-9-22)32-29-33-27(18-37-29)21-6-4-3-5-7-21/h3-18H,1-2H3,(H,32,33)(H,34,36). The first-order valence-electron chi connectivity index (χ1n) is 11.6. The van der Waals surface area contributed by atoms with E-state index in [-0.39, 0.29) is 5.91 Å². The smallest absolute Gasteiger partial charge is 0.271 e. The minimum atomic E-state index is -0.273. The topological polar surface area (TPSA) is 71.3 Å². The summed E-state index contributed by atoms with van der Waals surface area (Å²) in [4.78, 5) is 17.3. The first-order chi connectivity index (χ1) is 18.0. The maximum Gasteiger partial charge on any atom is 0.271 e. The van der Waals surface area contributed by atoms with Crippen molar-refractivity contribution in [2.24, 2.45) is 5.10 Å². The van der Waals surface area contributed by atoms with E-state index in [1.165, 1.54) is 11.3 Å². The number of aryl methyl sites for hydroxylation is 1. The number of nitrogens with zero attached hydrogens (tertiary/aromatic N) is 3. The summed E-state index contributed by atoms with van der Waals surface area (Å²) in [7, 11) is 0. The van der Waals surface area contributed by atoms with Crippen LogP contribution in [0.1, 0.15) is 27.3 Å². The third-order valence-corrected chi connectivity index (χ3v) is 7.18. The van der Waals surface area contributed by atoms with E-state index in [0.29, 0.717) is 5.56 Å². The third-order valence-electron chi connectivity index (χ3n) is 5.90. The number of benzene rings is 3. The Balaban J connectivity index is 1.21. The molecule has 0 radical (unpaired) electrons. The van der Waals surface area contributed by atoms with Crippen LogP contribution >= 0.6 is 27.3 Å². The lowest BCUT2D eigenvalue weighted by Gasteiger charge is -2.09. The van der Waals surface area contributed by atoms with Crippen LogP contribution in [0.15, 0.2) is 99.9 Å². The van der Waals surface area contributed by atoms with Crippen molar-refractivity contribution in [3.63, 3.8) is 0 Å². The van der Waals surface area contributed by atoms with E-state index < -0.39 is 0 Å². The van der Waals surface area contributed by atoms with Gasteiger partial charge >= 0.3 is 0 Å². The molecule has 6 nitrogen and oxygen atoms in total. The molecule has 2 aromatic heterocycles. The fourth-order valence-corrected chi connectivity index (χ4v) is 5.04. The number of halogens is 1. The molecular formula is C29H24BrN5OS. The minimum Gasteiger partial charge on any atom is -0.332 e. The fraction of sp³-hybridized carbons (Fsp3) is 0.0690. The molecule has 0 aliphatic carbocycles. The molecule has 0 saturated carbocycles. The Morgan fingerprint density at radius 2 is 1.73 bits per heavy atom. The molecule has 0 fully saturated rings. The van der Waals surface area contributed by atoms with Crippen molar-refractivity contribution in [3.05, 3.63) is 117 Å². The summed E-state index contributed by atoms with van der Waals surface area (Å²) in [5.41, 5.74) is 10.2. The average Bonchev–Trinajstić information content (AvgIpc) is 3.49. The minimum absolute atomic E-state index is 0.273. The summed E-state index contributed by atoms with van der Waals surface area (Å²) < 4.78 is 3.19. The Labute approximate surface area is 227 Å². The van der Waals surface area contributed by atoms with Gasteiger partial charge in [-0.15, -0.1) is 11.3 Å². The Kier molecular flexibility index (Phi) is 7.30. The predicted molar refractivity (Wildman–Crippen MR) is 155 cm³/mol. The number of hydrogen-bond donors (Lipinski definition) is 2. The molecule has 0 saturated heterocycles. The van der Waals surface area contributed by atoms with E-state index in [4.69, 9.17) is 0 Å². The molecule has 0 atom stereocenters. The van der Waals surface area contributed by atoms with Crippen LogP contribution in [0.4, 0.5) is 10.8 Å². The molecule has 0 spiro atoms. The molecule has 0 aliphatic heterocycles. The largest absolute Gasteiger partial charge is 0.332 e. The van der Waals surface area contributed by atoms with Crippen molar-refractivity contribution < 1.29 is 4.79 Å². The molecule has 3 aromatic carbocycles. The number of rotatable bonds is 7. The van der Waals surface area contributed by atoms with Crippen LogP contribution < -0.4 is 10.7 Å². The van der Waals surface area contributed by atoms with E-state index in [0.717, 1.165) is 49.2 Å². The molecule has 0 aliphatic rings. The van der Waals surface area contributed by atoms with Crippen molar-refractivity contribution in [2.75, 3.05) is 5.32 Å². The molecule has 37 heavy (non-hydrogen) atoms. The van der Waals surface area contributed by atoms with Crippen LogP contribution in [0.2, 0.25) is 0 Å². The molecule has 5 rings (SSSR count). The first kappa shape index (κ1) is 24.7. The number of hydrazone groups is 1. The van der Waals surface area contributed by atoms with Gasteiger partial charge in [-0.25, -0.2) is 10.4 Å². The number of aromatic nitrogens is 2. The predicted octanol–water partition coefficient (Wildman–Crippen LogP) is 7.49. The van der Waals surface area contributed by atoms with Gasteiger partial charge in [0.2, 0.25) is 0 Å². The highest BCUT2D eigenvalue weighted by Crippen LogP contribution is 2.27. The number of amides is 1. The zero-order chi connectivity index (χ0) is 25.8. The summed E-state index contributed by atoms with van der Waals surface area (Å²) >= 11 is 5.02. The van der Waals surface area contributed by atoms with E-state index >= 15 is 0 Å². The normalized spacial score (nSPS) is 11.1. The lowest BCUT2D eigenvalue weighted by molar-refractivity contribution is 0.0955. The molecule has 5 aromatic rings. The van der Waals surface area contributed by atoms with Crippen LogP contribution in [0.25, 0.3) is 16.9 Å². The van der Waals surface area contributed by atoms with Gasteiger partial charge in [0.15, 0.2) is 5.13 Å². The second kappa shape index (κ2) is 10.9. The molecule has 0 bridgehead atoms. The van der Waals surface area contributed by atoms with Crippen molar-refractivity contribution >= 4 is 50.2 Å². The lowest BCUT2D eigenvalue weighted by atomic mass is 10.2. The summed E-state index contributed by atoms with van der Waals surface area (Å²) in [6.45, 7) is 4.09. The van der Waals surface area contributed by atoms with Gasteiger partial charge in [0.1, 0.15) is 0 Å². The van der Waals surface area contributed by atoms with Crippen molar-refractivity contribution in [2.45, 2.75) is 13.8 Å².